The van der Waals surface area contributed by atoms with E-state index in [2.05, 4.69) is 15.2 Å². The predicted octanol–water partition coefficient (Wildman–Crippen LogP) is 3.69. The van der Waals surface area contributed by atoms with Gasteiger partial charge in [0.25, 0.3) is 0 Å². The number of aromatic nitrogens is 4. The molecule has 5 heterocycles. The molecule has 0 saturated carbocycles. The number of hydrogen-bond donors (Lipinski definition) is 1. The molecule has 6 rings (SSSR count). The molecule has 35 heavy (non-hydrogen) atoms. The standard InChI is InChI=1S/C24H18FN5O5/c1-12(31)18-4-2-13(7-26-18)15-6-20-23(30-11-27-28-22(15)30)29(24(32)33)8-16-17(25)3-5-19-21(16)14(9-34-19)10-35-20/h2-7,11,14H,8-10H2,1H3,(H,32,33)/t14-/m0/s1. The van der Waals surface area contributed by atoms with Crippen molar-refractivity contribution in [3.63, 3.8) is 0 Å². The topological polar surface area (TPSA) is 119 Å². The lowest BCUT2D eigenvalue weighted by Crippen LogP contribution is -2.31. The maximum Gasteiger partial charge on any atom is 0.413 e. The van der Waals surface area contributed by atoms with Gasteiger partial charge in [-0.05, 0) is 24.3 Å². The number of pyridine rings is 2. The van der Waals surface area contributed by atoms with Crippen molar-refractivity contribution in [2.24, 2.45) is 0 Å². The number of amides is 1. The summed E-state index contributed by atoms with van der Waals surface area (Å²) >= 11 is 0. The predicted molar refractivity (Wildman–Crippen MR) is 121 cm³/mol. The number of anilines is 1. The Balaban J connectivity index is 1.56. The van der Waals surface area contributed by atoms with Gasteiger partial charge in [-0.3, -0.25) is 19.1 Å². The van der Waals surface area contributed by atoms with Crippen LogP contribution >= 0.6 is 0 Å². The van der Waals surface area contributed by atoms with Crippen molar-refractivity contribution in [1.29, 1.82) is 0 Å². The smallest absolute Gasteiger partial charge is 0.413 e. The maximum atomic E-state index is 15.0. The Bertz CT molecular complexity index is 1520. The van der Waals surface area contributed by atoms with E-state index in [-0.39, 0.29) is 42.0 Å². The Morgan fingerprint density at radius 2 is 1.94 bits per heavy atom. The first-order valence-electron chi connectivity index (χ1n) is 10.8. The molecule has 0 aliphatic carbocycles. The van der Waals surface area contributed by atoms with Gasteiger partial charge in [0.05, 0.1) is 25.7 Å². The molecule has 10 nitrogen and oxygen atoms in total. The highest BCUT2D eigenvalue weighted by Gasteiger charge is 2.35. The summed E-state index contributed by atoms with van der Waals surface area (Å²) in [7, 11) is 0. The van der Waals surface area contributed by atoms with Crippen molar-refractivity contribution in [3.05, 3.63) is 65.5 Å². The minimum atomic E-state index is -1.29. The Morgan fingerprint density at radius 1 is 1.14 bits per heavy atom. The molecule has 3 aromatic heterocycles. The van der Waals surface area contributed by atoms with Crippen LogP contribution in [0.4, 0.5) is 15.0 Å². The Hall–Kier alpha value is -4.54. The molecule has 1 aromatic carbocycles. The number of Topliss-reactive ketones (excluding diaryl/α,β-unsaturated/α-hetero) is 1. The van der Waals surface area contributed by atoms with Crippen LogP contribution in [-0.4, -0.2) is 49.8 Å². The molecule has 0 radical (unpaired) electrons. The van der Waals surface area contributed by atoms with Gasteiger partial charge in [0, 0.05) is 35.4 Å². The second kappa shape index (κ2) is 7.76. The highest BCUT2D eigenvalue weighted by Crippen LogP contribution is 2.43. The van der Waals surface area contributed by atoms with Crippen molar-refractivity contribution in [2.75, 3.05) is 18.1 Å². The van der Waals surface area contributed by atoms with Crippen LogP contribution in [0.3, 0.4) is 0 Å². The first-order valence-corrected chi connectivity index (χ1v) is 10.8. The molecule has 0 fully saturated rings. The van der Waals surface area contributed by atoms with Gasteiger partial charge in [-0.1, -0.05) is 6.07 Å². The van der Waals surface area contributed by atoms with Gasteiger partial charge in [0.2, 0.25) is 0 Å². The number of halogens is 1. The third-order valence-corrected chi connectivity index (χ3v) is 6.30. The highest BCUT2D eigenvalue weighted by atomic mass is 19.1. The number of nitrogens with zero attached hydrogens (tertiary/aromatic N) is 5. The first-order chi connectivity index (χ1) is 16.9. The molecular formula is C24H18FN5O5. The molecule has 11 heteroatoms. The second-order valence-electron chi connectivity index (χ2n) is 8.38. The van der Waals surface area contributed by atoms with E-state index in [1.165, 1.54) is 23.7 Å². The average Bonchev–Trinajstić information content (AvgIpc) is 3.50. The lowest BCUT2D eigenvalue weighted by atomic mass is 9.95. The molecule has 2 aliphatic heterocycles. The van der Waals surface area contributed by atoms with Crippen LogP contribution in [0, 0.1) is 5.82 Å². The zero-order chi connectivity index (χ0) is 24.3. The minimum absolute atomic E-state index is 0.151. The molecule has 1 amide bonds. The minimum Gasteiger partial charge on any atom is -0.493 e. The van der Waals surface area contributed by atoms with Crippen LogP contribution in [0.25, 0.3) is 16.8 Å². The van der Waals surface area contributed by atoms with Gasteiger partial charge in [0.15, 0.2) is 23.0 Å². The summed E-state index contributed by atoms with van der Waals surface area (Å²) in [5, 5.41) is 18.3. The van der Waals surface area contributed by atoms with Crippen LogP contribution in [0.1, 0.15) is 34.5 Å². The van der Waals surface area contributed by atoms with Gasteiger partial charge in [0.1, 0.15) is 23.6 Å². The molecule has 0 saturated heterocycles. The van der Waals surface area contributed by atoms with Crippen LogP contribution in [0.5, 0.6) is 11.5 Å². The summed E-state index contributed by atoms with van der Waals surface area (Å²) in [4.78, 5) is 29.3. The molecule has 0 bridgehead atoms. The maximum absolute atomic E-state index is 15.0. The van der Waals surface area contributed by atoms with E-state index in [0.29, 0.717) is 40.4 Å². The quantitative estimate of drug-likeness (QED) is 0.436. The number of hydrogen-bond acceptors (Lipinski definition) is 7. The first kappa shape index (κ1) is 21.0. The highest BCUT2D eigenvalue weighted by molar-refractivity contribution is 5.93. The zero-order valence-electron chi connectivity index (χ0n) is 18.4. The summed E-state index contributed by atoms with van der Waals surface area (Å²) in [6.07, 6.45) is 1.63. The lowest BCUT2D eigenvalue weighted by molar-refractivity contribution is 0.101. The van der Waals surface area contributed by atoms with Crippen LogP contribution in [-0.2, 0) is 6.54 Å². The second-order valence-corrected chi connectivity index (χ2v) is 8.38. The molecule has 1 N–H and O–H groups in total. The summed E-state index contributed by atoms with van der Waals surface area (Å²) in [6, 6.07) is 7.84. The fourth-order valence-corrected chi connectivity index (χ4v) is 4.63. The number of benzene rings is 1. The number of carbonyl (C=O) groups is 2. The summed E-state index contributed by atoms with van der Waals surface area (Å²) in [6.45, 7) is 1.63. The van der Waals surface area contributed by atoms with Crippen molar-refractivity contribution in [2.45, 2.75) is 19.4 Å². The van der Waals surface area contributed by atoms with E-state index in [9.17, 15) is 19.1 Å². The van der Waals surface area contributed by atoms with E-state index < -0.39 is 11.9 Å². The van der Waals surface area contributed by atoms with E-state index >= 15 is 0 Å². The van der Waals surface area contributed by atoms with Crippen molar-refractivity contribution in [1.82, 2.24) is 19.6 Å². The van der Waals surface area contributed by atoms with Gasteiger partial charge in [-0.2, -0.15) is 0 Å². The Labute approximate surface area is 197 Å². The number of rotatable bonds is 2. The molecule has 176 valence electrons. The van der Waals surface area contributed by atoms with Gasteiger partial charge < -0.3 is 14.6 Å². The molecular weight excluding hydrogens is 457 g/mol. The Kier molecular flexibility index (Phi) is 4.66. The van der Waals surface area contributed by atoms with Gasteiger partial charge in [-0.15, -0.1) is 10.2 Å². The van der Waals surface area contributed by atoms with Crippen molar-refractivity contribution < 1.29 is 28.6 Å². The number of carboxylic acid groups (broad SMARTS) is 1. The van der Waals surface area contributed by atoms with Gasteiger partial charge >= 0.3 is 6.09 Å². The average molecular weight is 475 g/mol. The summed E-state index contributed by atoms with van der Waals surface area (Å²) in [5.41, 5.74) is 2.77. The van der Waals surface area contributed by atoms with E-state index in [0.717, 1.165) is 4.90 Å². The molecule has 0 spiro atoms. The number of carbonyl (C=O) groups excluding carboxylic acids is 1. The normalized spacial score (nSPS) is 16.4. The van der Waals surface area contributed by atoms with Crippen LogP contribution in [0.2, 0.25) is 0 Å². The molecule has 4 aromatic rings. The van der Waals surface area contributed by atoms with E-state index in [4.69, 9.17) is 9.47 Å². The summed E-state index contributed by atoms with van der Waals surface area (Å²) < 4.78 is 28.3. The van der Waals surface area contributed by atoms with Gasteiger partial charge in [-0.25, -0.2) is 9.18 Å². The van der Waals surface area contributed by atoms with Crippen LogP contribution in [0.15, 0.2) is 42.9 Å². The zero-order valence-corrected chi connectivity index (χ0v) is 18.4. The monoisotopic (exact) mass is 475 g/mol. The largest absolute Gasteiger partial charge is 0.493 e. The van der Waals surface area contributed by atoms with Crippen LogP contribution < -0.4 is 14.4 Å². The van der Waals surface area contributed by atoms with Crippen molar-refractivity contribution >= 4 is 23.3 Å². The third-order valence-electron chi connectivity index (χ3n) is 6.30. The Morgan fingerprint density at radius 3 is 2.66 bits per heavy atom. The fourth-order valence-electron chi connectivity index (χ4n) is 4.63. The van der Waals surface area contributed by atoms with E-state index in [1.54, 1.807) is 30.5 Å². The van der Waals surface area contributed by atoms with Crippen molar-refractivity contribution in [3.8, 4) is 22.6 Å². The number of ketones is 1. The van der Waals surface area contributed by atoms with E-state index in [1.807, 2.05) is 0 Å². The third kappa shape index (κ3) is 3.27. The lowest BCUT2D eigenvalue weighted by Gasteiger charge is -2.23. The SMILES string of the molecule is CC(=O)c1ccc(-c2cc3c(n4cnnc24)N(C(=O)O)Cc2c(F)ccc4c2[C@@H](CO4)CO3)cn1. The fraction of sp³-hybridized carbons (Fsp3) is 0.208. The molecule has 2 aliphatic rings. The molecule has 1 atom stereocenters. The summed E-state index contributed by atoms with van der Waals surface area (Å²) in [5.74, 6) is -0.00223. The number of fused-ring (bicyclic) bond motifs is 3. The molecule has 0 unspecified atom stereocenters. The number of ether oxygens (including phenoxy) is 2.